The number of hydrogen-bond donors (Lipinski definition) is 2. The molecule has 0 aromatic heterocycles. The number of rotatable bonds is 7. The second kappa shape index (κ2) is 11.0. The minimum absolute atomic E-state index is 0.112. The van der Waals surface area contributed by atoms with Crippen LogP contribution in [0.4, 0.5) is 10.5 Å². The molecule has 1 aromatic carbocycles. The Morgan fingerprint density at radius 1 is 0.909 bits per heavy atom. The van der Waals surface area contributed by atoms with Gasteiger partial charge in [0.2, 0.25) is 5.91 Å². The molecular weight excluding hydrogens is 420 g/mol. The van der Waals surface area contributed by atoms with E-state index >= 15 is 0 Å². The Hall–Kier alpha value is -2.57. The predicted octanol–water partition coefficient (Wildman–Crippen LogP) is 5.24. The lowest BCUT2D eigenvalue weighted by molar-refractivity contribution is -0.143. The second-order valence-electron chi connectivity index (χ2n) is 11.3. The first-order valence-electron chi connectivity index (χ1n) is 11.5. The molecule has 0 bridgehead atoms. The summed E-state index contributed by atoms with van der Waals surface area (Å²) in [5.41, 5.74) is 2.61. The Bertz CT molecular complexity index is 855. The zero-order valence-corrected chi connectivity index (χ0v) is 22.0. The lowest BCUT2D eigenvalue weighted by atomic mass is 9.78. The first-order chi connectivity index (χ1) is 14.9. The first-order valence-corrected chi connectivity index (χ1v) is 11.5. The van der Waals surface area contributed by atoms with Gasteiger partial charge in [-0.05, 0) is 61.6 Å². The SMILES string of the molecule is CCOC(=O)CCc1cc(C(C)(C)C)cc(C(C)(C)C)c1NC(=O)CNC(=O)OC(C)(C)C. The molecule has 0 saturated heterocycles. The third kappa shape index (κ3) is 9.84. The van der Waals surface area contributed by atoms with Gasteiger partial charge >= 0.3 is 12.1 Å². The molecule has 0 aliphatic heterocycles. The number of carbonyl (C=O) groups is 3. The third-order valence-corrected chi connectivity index (χ3v) is 4.85. The van der Waals surface area contributed by atoms with Crippen molar-refractivity contribution >= 4 is 23.7 Å². The summed E-state index contributed by atoms with van der Waals surface area (Å²) >= 11 is 0. The van der Waals surface area contributed by atoms with E-state index in [0.29, 0.717) is 18.7 Å². The summed E-state index contributed by atoms with van der Waals surface area (Å²) in [5, 5.41) is 5.47. The lowest BCUT2D eigenvalue weighted by Gasteiger charge is -2.30. The zero-order chi connectivity index (χ0) is 25.6. The summed E-state index contributed by atoms with van der Waals surface area (Å²) in [6.07, 6.45) is -0.00958. The number of hydrogen-bond acceptors (Lipinski definition) is 5. The van der Waals surface area contributed by atoms with Crippen molar-refractivity contribution in [3.8, 4) is 0 Å². The van der Waals surface area contributed by atoms with Crippen LogP contribution in [-0.2, 0) is 36.3 Å². The average Bonchev–Trinajstić information content (AvgIpc) is 2.62. The summed E-state index contributed by atoms with van der Waals surface area (Å²) in [6, 6.07) is 4.16. The molecule has 7 heteroatoms. The van der Waals surface area contributed by atoms with Crippen LogP contribution in [0.1, 0.15) is 92.3 Å². The Balaban J connectivity index is 3.29. The summed E-state index contributed by atoms with van der Waals surface area (Å²) < 4.78 is 10.3. The molecule has 7 nitrogen and oxygen atoms in total. The molecule has 2 amide bonds. The fourth-order valence-electron chi connectivity index (χ4n) is 3.19. The Kier molecular flexibility index (Phi) is 9.52. The lowest BCUT2D eigenvalue weighted by Crippen LogP contribution is -2.37. The molecule has 2 N–H and O–H groups in total. The van der Waals surface area contributed by atoms with Crippen molar-refractivity contribution in [1.29, 1.82) is 0 Å². The van der Waals surface area contributed by atoms with E-state index in [1.165, 1.54) is 0 Å². The highest BCUT2D eigenvalue weighted by molar-refractivity contribution is 5.95. The summed E-state index contributed by atoms with van der Waals surface area (Å²) in [5.74, 6) is -0.646. The number of anilines is 1. The van der Waals surface area contributed by atoms with E-state index in [1.807, 2.05) is 6.07 Å². The first kappa shape index (κ1) is 28.5. The molecule has 0 spiro atoms. The van der Waals surface area contributed by atoms with Crippen molar-refractivity contribution in [3.63, 3.8) is 0 Å². The van der Waals surface area contributed by atoms with Gasteiger partial charge in [-0.25, -0.2) is 4.79 Å². The van der Waals surface area contributed by atoms with Crippen LogP contribution in [0, 0.1) is 0 Å². The van der Waals surface area contributed by atoms with E-state index < -0.39 is 11.7 Å². The van der Waals surface area contributed by atoms with E-state index in [-0.39, 0.29) is 35.7 Å². The van der Waals surface area contributed by atoms with Crippen LogP contribution in [-0.4, -0.2) is 36.7 Å². The van der Waals surface area contributed by atoms with Crippen molar-refractivity contribution < 1.29 is 23.9 Å². The largest absolute Gasteiger partial charge is 0.466 e. The quantitative estimate of drug-likeness (QED) is 0.541. The van der Waals surface area contributed by atoms with Gasteiger partial charge in [0.15, 0.2) is 0 Å². The van der Waals surface area contributed by atoms with Crippen LogP contribution >= 0.6 is 0 Å². The van der Waals surface area contributed by atoms with E-state index in [1.54, 1.807) is 27.7 Å². The topological polar surface area (TPSA) is 93.7 Å². The van der Waals surface area contributed by atoms with Crippen LogP contribution < -0.4 is 10.6 Å². The molecule has 0 atom stereocenters. The number of benzene rings is 1. The number of esters is 1. The molecule has 1 rings (SSSR count). The molecule has 186 valence electrons. The molecule has 0 aliphatic carbocycles. The molecule has 1 aromatic rings. The Morgan fingerprint density at radius 2 is 1.52 bits per heavy atom. The summed E-state index contributed by atoms with van der Waals surface area (Å²) in [6.45, 7) is 19.8. The predicted molar refractivity (Wildman–Crippen MR) is 132 cm³/mol. The van der Waals surface area contributed by atoms with E-state index in [0.717, 1.165) is 16.7 Å². The second-order valence-corrected chi connectivity index (χ2v) is 11.3. The summed E-state index contributed by atoms with van der Waals surface area (Å²) in [7, 11) is 0. The molecule has 0 heterocycles. The van der Waals surface area contributed by atoms with Crippen molar-refractivity contribution in [2.75, 3.05) is 18.5 Å². The highest BCUT2D eigenvalue weighted by Gasteiger charge is 2.26. The van der Waals surface area contributed by atoms with Gasteiger partial charge in [-0.2, -0.15) is 0 Å². The van der Waals surface area contributed by atoms with Crippen molar-refractivity contribution in [2.24, 2.45) is 0 Å². The Labute approximate surface area is 199 Å². The zero-order valence-electron chi connectivity index (χ0n) is 22.0. The molecule has 0 aliphatic rings. The van der Waals surface area contributed by atoms with Crippen LogP contribution in [0.2, 0.25) is 0 Å². The van der Waals surface area contributed by atoms with Gasteiger partial charge in [0, 0.05) is 12.1 Å². The fraction of sp³-hybridized carbons (Fsp3) is 0.654. The number of ether oxygens (including phenoxy) is 2. The van der Waals surface area contributed by atoms with E-state index in [4.69, 9.17) is 9.47 Å². The van der Waals surface area contributed by atoms with E-state index in [9.17, 15) is 14.4 Å². The molecule has 0 radical (unpaired) electrons. The molecular formula is C26H42N2O5. The highest BCUT2D eigenvalue weighted by Crippen LogP contribution is 2.37. The van der Waals surface area contributed by atoms with Crippen LogP contribution in [0.5, 0.6) is 0 Å². The minimum Gasteiger partial charge on any atom is -0.466 e. The van der Waals surface area contributed by atoms with Gasteiger partial charge in [0.25, 0.3) is 0 Å². The van der Waals surface area contributed by atoms with Crippen molar-refractivity contribution in [2.45, 2.75) is 98.5 Å². The Morgan fingerprint density at radius 3 is 2.00 bits per heavy atom. The smallest absolute Gasteiger partial charge is 0.408 e. The molecule has 0 saturated carbocycles. The van der Waals surface area contributed by atoms with Gasteiger partial charge in [0.1, 0.15) is 12.1 Å². The maximum Gasteiger partial charge on any atom is 0.408 e. The normalized spacial score (nSPS) is 12.2. The van der Waals surface area contributed by atoms with E-state index in [2.05, 4.69) is 58.2 Å². The average molecular weight is 463 g/mol. The van der Waals surface area contributed by atoms with Gasteiger partial charge in [0.05, 0.1) is 6.61 Å². The number of nitrogens with one attached hydrogen (secondary N) is 2. The standard InChI is InChI=1S/C26H42N2O5/c1-11-32-21(30)13-12-17-14-18(24(2,3)4)15-19(25(5,6)7)22(17)28-20(29)16-27-23(31)33-26(8,9)10/h14-15H,11-13,16H2,1-10H3,(H,27,31)(H,28,29). The van der Waals surface area contributed by atoms with Crippen molar-refractivity contribution in [3.05, 3.63) is 28.8 Å². The van der Waals surface area contributed by atoms with Gasteiger partial charge in [-0.15, -0.1) is 0 Å². The van der Waals surface area contributed by atoms with Gasteiger partial charge < -0.3 is 20.1 Å². The third-order valence-electron chi connectivity index (χ3n) is 4.85. The number of aryl methyl sites for hydroxylation is 1. The van der Waals surface area contributed by atoms with Crippen LogP contribution in [0.25, 0.3) is 0 Å². The number of amides is 2. The number of alkyl carbamates (subject to hydrolysis) is 1. The minimum atomic E-state index is -0.653. The van der Waals surface area contributed by atoms with Crippen LogP contribution in [0.3, 0.4) is 0 Å². The highest BCUT2D eigenvalue weighted by atomic mass is 16.6. The molecule has 0 fully saturated rings. The fourth-order valence-corrected chi connectivity index (χ4v) is 3.19. The monoisotopic (exact) mass is 462 g/mol. The van der Waals surface area contributed by atoms with Crippen molar-refractivity contribution in [1.82, 2.24) is 5.32 Å². The maximum absolute atomic E-state index is 12.8. The maximum atomic E-state index is 12.8. The van der Waals surface area contributed by atoms with Gasteiger partial charge in [-0.1, -0.05) is 53.7 Å². The van der Waals surface area contributed by atoms with Gasteiger partial charge in [-0.3, -0.25) is 9.59 Å². The molecule has 33 heavy (non-hydrogen) atoms. The molecule has 0 unspecified atom stereocenters. The summed E-state index contributed by atoms with van der Waals surface area (Å²) in [4.78, 5) is 36.7. The van der Waals surface area contributed by atoms with Crippen LogP contribution in [0.15, 0.2) is 12.1 Å². The number of carbonyl (C=O) groups excluding carboxylic acids is 3.